The topological polar surface area (TPSA) is 21.3 Å². The number of hydrogen-bond donors (Lipinski definition) is 1. The Bertz CT molecular complexity index is 547. The van der Waals surface area contributed by atoms with Crippen LogP contribution in [0, 0.1) is 0 Å². The first-order chi connectivity index (χ1) is 10.1. The second-order valence-corrected chi connectivity index (χ2v) is 6.47. The van der Waals surface area contributed by atoms with Gasteiger partial charge in [-0.1, -0.05) is 19.1 Å². The van der Waals surface area contributed by atoms with E-state index in [0.29, 0.717) is 18.7 Å². The van der Waals surface area contributed by atoms with E-state index < -0.39 is 0 Å². The first-order valence-corrected chi connectivity index (χ1v) is 8.53. The summed E-state index contributed by atoms with van der Waals surface area (Å²) >= 11 is 1.90. The van der Waals surface area contributed by atoms with Crippen LogP contribution in [0.4, 0.5) is 0 Å². The summed E-state index contributed by atoms with van der Waals surface area (Å²) in [6, 6.07) is 13.5. The Labute approximate surface area is 132 Å². The van der Waals surface area contributed by atoms with Crippen molar-refractivity contribution in [2.75, 3.05) is 6.61 Å². The van der Waals surface area contributed by atoms with Crippen LogP contribution in [-0.2, 0) is 6.42 Å². The van der Waals surface area contributed by atoms with Crippen molar-refractivity contribution in [3.05, 3.63) is 51.7 Å². The van der Waals surface area contributed by atoms with E-state index in [0.717, 1.165) is 12.2 Å². The lowest BCUT2D eigenvalue weighted by atomic mass is 10.1. The monoisotopic (exact) mass is 303 g/mol. The van der Waals surface area contributed by atoms with Crippen molar-refractivity contribution in [2.45, 2.75) is 46.2 Å². The van der Waals surface area contributed by atoms with Crippen LogP contribution in [0.15, 0.2) is 36.4 Å². The maximum atomic E-state index is 5.49. The molecular weight excluding hydrogens is 278 g/mol. The average molecular weight is 303 g/mol. The summed E-state index contributed by atoms with van der Waals surface area (Å²) in [5.41, 5.74) is 1.29. The third-order valence-corrected chi connectivity index (χ3v) is 5.06. The van der Waals surface area contributed by atoms with Gasteiger partial charge < -0.3 is 10.1 Å². The lowest BCUT2D eigenvalue weighted by molar-refractivity contribution is 0.340. The Hall–Kier alpha value is -1.32. The molecule has 0 fully saturated rings. The van der Waals surface area contributed by atoms with Gasteiger partial charge in [-0.05, 0) is 57.0 Å². The molecule has 0 saturated heterocycles. The van der Waals surface area contributed by atoms with Crippen LogP contribution >= 0.6 is 11.3 Å². The summed E-state index contributed by atoms with van der Waals surface area (Å²) in [5.74, 6) is 0.937. The molecule has 1 N–H and O–H groups in total. The molecule has 2 rings (SSSR count). The molecule has 2 unspecified atom stereocenters. The highest BCUT2D eigenvalue weighted by Gasteiger charge is 2.13. The standard InChI is InChI=1S/C18H25NOS/c1-5-17-11-12-18(21-17)14(4)19-13(3)15-7-9-16(10-8-15)20-6-2/h7-14,19H,5-6H2,1-4H3. The number of ether oxygens (including phenoxy) is 1. The summed E-state index contributed by atoms with van der Waals surface area (Å²) in [6.45, 7) is 9.36. The van der Waals surface area contributed by atoms with Gasteiger partial charge >= 0.3 is 0 Å². The Kier molecular flexibility index (Phi) is 5.83. The van der Waals surface area contributed by atoms with Crippen LogP contribution < -0.4 is 10.1 Å². The van der Waals surface area contributed by atoms with Gasteiger partial charge in [0.15, 0.2) is 0 Å². The molecule has 0 radical (unpaired) electrons. The molecule has 0 aliphatic carbocycles. The van der Waals surface area contributed by atoms with Crippen molar-refractivity contribution in [1.82, 2.24) is 5.32 Å². The van der Waals surface area contributed by atoms with E-state index >= 15 is 0 Å². The normalized spacial score (nSPS) is 13.9. The zero-order chi connectivity index (χ0) is 15.2. The lowest BCUT2D eigenvalue weighted by Gasteiger charge is -2.20. The van der Waals surface area contributed by atoms with Crippen molar-refractivity contribution >= 4 is 11.3 Å². The molecule has 2 aromatic rings. The van der Waals surface area contributed by atoms with Gasteiger partial charge in [0.1, 0.15) is 5.75 Å². The smallest absolute Gasteiger partial charge is 0.119 e. The molecule has 0 aliphatic rings. The van der Waals surface area contributed by atoms with Gasteiger partial charge in [0, 0.05) is 21.8 Å². The maximum Gasteiger partial charge on any atom is 0.119 e. The fourth-order valence-electron chi connectivity index (χ4n) is 2.39. The van der Waals surface area contributed by atoms with Gasteiger partial charge in [0.25, 0.3) is 0 Å². The van der Waals surface area contributed by atoms with Crippen LogP contribution in [0.5, 0.6) is 5.75 Å². The summed E-state index contributed by atoms with van der Waals surface area (Å²) in [6.07, 6.45) is 1.12. The van der Waals surface area contributed by atoms with Crippen LogP contribution in [0.1, 0.15) is 55.1 Å². The fourth-order valence-corrected chi connectivity index (χ4v) is 3.35. The number of rotatable bonds is 7. The third-order valence-electron chi connectivity index (χ3n) is 3.65. The highest BCUT2D eigenvalue weighted by Crippen LogP contribution is 2.26. The Morgan fingerprint density at radius 3 is 2.29 bits per heavy atom. The molecular formula is C18H25NOS. The Morgan fingerprint density at radius 2 is 1.71 bits per heavy atom. The van der Waals surface area contributed by atoms with Crippen molar-refractivity contribution in [1.29, 1.82) is 0 Å². The van der Waals surface area contributed by atoms with E-state index in [4.69, 9.17) is 4.74 Å². The third kappa shape index (κ3) is 4.32. The highest BCUT2D eigenvalue weighted by atomic mass is 32.1. The molecule has 0 aliphatic heterocycles. The summed E-state index contributed by atoms with van der Waals surface area (Å²) in [4.78, 5) is 2.86. The SMILES string of the molecule is CCOc1ccc(C(C)NC(C)c2ccc(CC)s2)cc1. The van der Waals surface area contributed by atoms with E-state index in [1.54, 1.807) is 0 Å². The quantitative estimate of drug-likeness (QED) is 0.766. The molecule has 1 aromatic carbocycles. The molecule has 1 heterocycles. The summed E-state index contributed by atoms with van der Waals surface area (Å²) in [5, 5.41) is 3.67. The van der Waals surface area contributed by atoms with Crippen LogP contribution in [-0.4, -0.2) is 6.61 Å². The molecule has 21 heavy (non-hydrogen) atoms. The predicted molar refractivity (Wildman–Crippen MR) is 91.3 cm³/mol. The molecule has 0 saturated carbocycles. The second-order valence-electron chi connectivity index (χ2n) is 5.27. The van der Waals surface area contributed by atoms with Gasteiger partial charge in [-0.2, -0.15) is 0 Å². The number of thiophene rings is 1. The van der Waals surface area contributed by atoms with Gasteiger partial charge in [-0.15, -0.1) is 11.3 Å². The molecule has 114 valence electrons. The maximum absolute atomic E-state index is 5.49. The number of benzene rings is 1. The minimum absolute atomic E-state index is 0.322. The van der Waals surface area contributed by atoms with Crippen LogP contribution in [0.2, 0.25) is 0 Å². The average Bonchev–Trinajstić information content (AvgIpc) is 2.97. The van der Waals surface area contributed by atoms with Gasteiger partial charge in [0.05, 0.1) is 6.61 Å². The zero-order valence-electron chi connectivity index (χ0n) is 13.3. The largest absolute Gasteiger partial charge is 0.494 e. The van der Waals surface area contributed by atoms with Crippen molar-refractivity contribution in [3.63, 3.8) is 0 Å². The second kappa shape index (κ2) is 7.62. The number of hydrogen-bond acceptors (Lipinski definition) is 3. The molecule has 0 amide bonds. The molecule has 2 nitrogen and oxygen atoms in total. The molecule has 3 heteroatoms. The van der Waals surface area contributed by atoms with E-state index in [9.17, 15) is 0 Å². The molecule has 0 bridgehead atoms. The number of nitrogens with one attached hydrogen (secondary N) is 1. The summed E-state index contributed by atoms with van der Waals surface area (Å²) < 4.78 is 5.49. The van der Waals surface area contributed by atoms with Crippen molar-refractivity contribution in [3.8, 4) is 5.75 Å². The zero-order valence-corrected chi connectivity index (χ0v) is 14.2. The summed E-state index contributed by atoms with van der Waals surface area (Å²) in [7, 11) is 0. The highest BCUT2D eigenvalue weighted by molar-refractivity contribution is 7.12. The Morgan fingerprint density at radius 1 is 1.00 bits per heavy atom. The van der Waals surface area contributed by atoms with Gasteiger partial charge in [-0.25, -0.2) is 0 Å². The molecule has 0 spiro atoms. The van der Waals surface area contributed by atoms with Crippen molar-refractivity contribution < 1.29 is 4.74 Å². The van der Waals surface area contributed by atoms with E-state index in [-0.39, 0.29) is 0 Å². The van der Waals surface area contributed by atoms with Gasteiger partial charge in [0.2, 0.25) is 0 Å². The Balaban J connectivity index is 1.97. The fraction of sp³-hybridized carbons (Fsp3) is 0.444. The van der Waals surface area contributed by atoms with E-state index in [2.05, 4.69) is 50.4 Å². The lowest BCUT2D eigenvalue weighted by Crippen LogP contribution is -2.21. The number of aryl methyl sites for hydroxylation is 1. The first kappa shape index (κ1) is 16.1. The van der Waals surface area contributed by atoms with E-state index in [1.165, 1.54) is 15.3 Å². The minimum atomic E-state index is 0.322. The van der Waals surface area contributed by atoms with Crippen molar-refractivity contribution in [2.24, 2.45) is 0 Å². The van der Waals surface area contributed by atoms with E-state index in [1.807, 2.05) is 30.4 Å². The molecule has 1 aromatic heterocycles. The minimum Gasteiger partial charge on any atom is -0.494 e. The van der Waals surface area contributed by atoms with Crippen LogP contribution in [0.3, 0.4) is 0 Å². The first-order valence-electron chi connectivity index (χ1n) is 7.71. The van der Waals surface area contributed by atoms with Gasteiger partial charge in [-0.3, -0.25) is 0 Å². The molecule has 2 atom stereocenters. The predicted octanol–water partition coefficient (Wildman–Crippen LogP) is 5.12. The van der Waals surface area contributed by atoms with Crippen LogP contribution in [0.25, 0.3) is 0 Å².